The van der Waals surface area contributed by atoms with Gasteiger partial charge in [-0.15, -0.1) is 0 Å². The first kappa shape index (κ1) is 23.5. The van der Waals surface area contributed by atoms with Gasteiger partial charge in [0.2, 0.25) is 5.91 Å². The molecule has 5 rings (SSSR count). The van der Waals surface area contributed by atoms with E-state index in [0.717, 1.165) is 19.0 Å². The summed E-state index contributed by atoms with van der Waals surface area (Å²) in [6.07, 6.45) is 6.65. The van der Waals surface area contributed by atoms with Crippen molar-refractivity contribution in [1.29, 1.82) is 0 Å². The zero-order valence-corrected chi connectivity index (χ0v) is 19.2. The van der Waals surface area contributed by atoms with E-state index in [4.69, 9.17) is 0 Å². The van der Waals surface area contributed by atoms with Crippen molar-refractivity contribution >= 4 is 17.5 Å². The molecule has 1 aliphatic heterocycles. The summed E-state index contributed by atoms with van der Waals surface area (Å²) in [6.45, 7) is 1.76. The number of aromatic nitrogens is 3. The molecular weight excluding hydrogens is 471 g/mol. The standard InChI is InChI=1S/C26H22F3N5O2/c27-19-13-21(29)20(28)12-18(19)25-17(4-1-8-30-25)16-6-7-23-32-14-22(34(23)15-16)26(36)31-9-3-11-33-10-2-5-24(33)35/h1,4,6-8,12-15H,2-3,5,9-11H2,(H,31,36). The summed E-state index contributed by atoms with van der Waals surface area (Å²) in [5, 5.41) is 2.85. The van der Waals surface area contributed by atoms with E-state index in [1.54, 1.807) is 39.8 Å². The van der Waals surface area contributed by atoms with Crippen LogP contribution in [0, 0.1) is 17.5 Å². The summed E-state index contributed by atoms with van der Waals surface area (Å²) in [5.74, 6) is -3.58. The van der Waals surface area contributed by atoms with E-state index in [2.05, 4.69) is 15.3 Å². The molecule has 7 nitrogen and oxygen atoms in total. The summed E-state index contributed by atoms with van der Waals surface area (Å²) in [7, 11) is 0. The molecule has 0 saturated carbocycles. The van der Waals surface area contributed by atoms with Gasteiger partial charge in [-0.1, -0.05) is 6.07 Å². The fourth-order valence-electron chi connectivity index (χ4n) is 4.37. The lowest BCUT2D eigenvalue weighted by atomic mass is 10.00. The molecule has 10 heteroatoms. The zero-order valence-electron chi connectivity index (χ0n) is 19.2. The number of nitrogens with zero attached hydrogens (tertiary/aromatic N) is 4. The van der Waals surface area contributed by atoms with Gasteiger partial charge in [0, 0.05) is 61.2 Å². The Balaban J connectivity index is 1.40. The molecular formula is C26H22F3N5O2. The van der Waals surface area contributed by atoms with Crippen molar-refractivity contribution in [3.63, 3.8) is 0 Å². The van der Waals surface area contributed by atoms with Crippen molar-refractivity contribution in [2.75, 3.05) is 19.6 Å². The van der Waals surface area contributed by atoms with Crippen LogP contribution in [0.15, 0.2) is 55.0 Å². The van der Waals surface area contributed by atoms with Gasteiger partial charge in [0.1, 0.15) is 17.2 Å². The average Bonchev–Trinajstić information content (AvgIpc) is 3.49. The molecule has 1 N–H and O–H groups in total. The number of hydrogen-bond acceptors (Lipinski definition) is 4. The Bertz CT molecular complexity index is 1470. The van der Waals surface area contributed by atoms with Crippen molar-refractivity contribution in [1.82, 2.24) is 24.6 Å². The number of imidazole rings is 1. The van der Waals surface area contributed by atoms with Crippen LogP contribution in [-0.2, 0) is 4.79 Å². The lowest BCUT2D eigenvalue weighted by Gasteiger charge is -2.15. The molecule has 3 aromatic heterocycles. The zero-order chi connectivity index (χ0) is 25.2. The number of carbonyl (C=O) groups is 2. The quantitative estimate of drug-likeness (QED) is 0.309. The van der Waals surface area contributed by atoms with E-state index >= 15 is 0 Å². The summed E-state index contributed by atoms with van der Waals surface area (Å²) in [6, 6.07) is 8.03. The lowest BCUT2D eigenvalue weighted by Crippen LogP contribution is -2.31. The summed E-state index contributed by atoms with van der Waals surface area (Å²) < 4.78 is 43.5. The smallest absolute Gasteiger partial charge is 0.269 e. The van der Waals surface area contributed by atoms with Crippen molar-refractivity contribution in [2.24, 2.45) is 0 Å². The van der Waals surface area contributed by atoms with Crippen LogP contribution in [0.2, 0.25) is 0 Å². The molecule has 4 aromatic rings. The van der Waals surface area contributed by atoms with Crippen molar-refractivity contribution < 1.29 is 22.8 Å². The van der Waals surface area contributed by atoms with Crippen LogP contribution in [-0.4, -0.2) is 50.7 Å². The first-order valence-electron chi connectivity index (χ1n) is 11.6. The van der Waals surface area contributed by atoms with Gasteiger partial charge in [-0.3, -0.25) is 19.0 Å². The molecule has 2 amide bonds. The first-order valence-corrected chi connectivity index (χ1v) is 11.6. The van der Waals surface area contributed by atoms with E-state index in [-0.39, 0.29) is 23.1 Å². The predicted molar refractivity (Wildman–Crippen MR) is 126 cm³/mol. The van der Waals surface area contributed by atoms with Crippen molar-refractivity contribution in [3.8, 4) is 22.4 Å². The molecule has 0 spiro atoms. The van der Waals surface area contributed by atoms with E-state index in [1.165, 1.54) is 12.4 Å². The Hall–Kier alpha value is -4.21. The minimum absolute atomic E-state index is 0.135. The van der Waals surface area contributed by atoms with Crippen LogP contribution in [0.4, 0.5) is 13.2 Å². The number of benzene rings is 1. The van der Waals surface area contributed by atoms with E-state index in [1.807, 2.05) is 0 Å². The van der Waals surface area contributed by atoms with Crippen LogP contribution in [0.3, 0.4) is 0 Å². The number of halogens is 3. The number of fused-ring (bicyclic) bond motifs is 1. The molecule has 0 unspecified atom stereocenters. The molecule has 1 saturated heterocycles. The molecule has 1 fully saturated rings. The molecule has 1 aliphatic rings. The highest BCUT2D eigenvalue weighted by Gasteiger charge is 2.20. The van der Waals surface area contributed by atoms with Crippen LogP contribution in [0.25, 0.3) is 28.0 Å². The maximum Gasteiger partial charge on any atom is 0.269 e. The predicted octanol–water partition coefficient (Wildman–Crippen LogP) is 4.22. The monoisotopic (exact) mass is 493 g/mol. The number of amides is 2. The number of likely N-dealkylation sites (tertiary alicyclic amines) is 1. The number of rotatable bonds is 7. The van der Waals surface area contributed by atoms with Crippen molar-refractivity contribution in [3.05, 3.63) is 78.1 Å². The molecule has 0 atom stereocenters. The molecule has 4 heterocycles. The molecule has 36 heavy (non-hydrogen) atoms. The number of nitrogens with one attached hydrogen (secondary N) is 1. The highest BCUT2D eigenvalue weighted by atomic mass is 19.2. The fourth-order valence-corrected chi connectivity index (χ4v) is 4.37. The summed E-state index contributed by atoms with van der Waals surface area (Å²) >= 11 is 0. The maximum absolute atomic E-state index is 14.5. The topological polar surface area (TPSA) is 79.6 Å². The third kappa shape index (κ3) is 4.53. The Morgan fingerprint density at radius 2 is 1.86 bits per heavy atom. The second kappa shape index (κ2) is 9.80. The van der Waals surface area contributed by atoms with Gasteiger partial charge in [-0.05, 0) is 37.1 Å². The van der Waals surface area contributed by atoms with Gasteiger partial charge in [0.25, 0.3) is 5.91 Å². The van der Waals surface area contributed by atoms with E-state index in [9.17, 15) is 22.8 Å². The number of hydrogen-bond donors (Lipinski definition) is 1. The summed E-state index contributed by atoms with van der Waals surface area (Å²) in [5.41, 5.74) is 1.83. The normalized spacial score (nSPS) is 13.5. The minimum Gasteiger partial charge on any atom is -0.351 e. The Morgan fingerprint density at radius 1 is 1.03 bits per heavy atom. The number of pyridine rings is 2. The van der Waals surface area contributed by atoms with Gasteiger partial charge in [0.05, 0.1) is 11.9 Å². The number of carbonyl (C=O) groups excluding carboxylic acids is 2. The molecule has 1 aromatic carbocycles. The summed E-state index contributed by atoms with van der Waals surface area (Å²) in [4.78, 5) is 34.8. The molecule has 184 valence electrons. The Labute approximate surface area is 204 Å². The van der Waals surface area contributed by atoms with Crippen LogP contribution < -0.4 is 5.32 Å². The van der Waals surface area contributed by atoms with E-state index < -0.39 is 17.5 Å². The maximum atomic E-state index is 14.5. The van der Waals surface area contributed by atoms with Gasteiger partial charge in [0.15, 0.2) is 11.6 Å². The van der Waals surface area contributed by atoms with Crippen LogP contribution in [0.5, 0.6) is 0 Å². The Morgan fingerprint density at radius 3 is 2.67 bits per heavy atom. The molecule has 0 aliphatic carbocycles. The third-order valence-electron chi connectivity index (χ3n) is 6.18. The van der Waals surface area contributed by atoms with Crippen LogP contribution >= 0.6 is 0 Å². The molecule has 0 radical (unpaired) electrons. The second-order valence-corrected chi connectivity index (χ2v) is 8.53. The lowest BCUT2D eigenvalue weighted by molar-refractivity contribution is -0.127. The second-order valence-electron chi connectivity index (χ2n) is 8.53. The molecule has 0 bridgehead atoms. The average molecular weight is 493 g/mol. The first-order chi connectivity index (χ1) is 17.4. The Kier molecular flexibility index (Phi) is 6.41. The van der Waals surface area contributed by atoms with Gasteiger partial charge < -0.3 is 10.2 Å². The van der Waals surface area contributed by atoms with Gasteiger partial charge in [-0.2, -0.15) is 0 Å². The highest BCUT2D eigenvalue weighted by Crippen LogP contribution is 2.33. The fraction of sp³-hybridized carbons (Fsp3) is 0.231. The highest BCUT2D eigenvalue weighted by molar-refractivity contribution is 5.93. The largest absolute Gasteiger partial charge is 0.351 e. The SMILES string of the molecule is O=C(NCCCN1CCCC1=O)c1cnc2ccc(-c3cccnc3-c3cc(F)c(F)cc3F)cn12. The van der Waals surface area contributed by atoms with Crippen molar-refractivity contribution in [2.45, 2.75) is 19.3 Å². The minimum atomic E-state index is -1.28. The van der Waals surface area contributed by atoms with Crippen LogP contribution in [0.1, 0.15) is 29.8 Å². The third-order valence-corrected chi connectivity index (χ3v) is 6.18. The van der Waals surface area contributed by atoms with Gasteiger partial charge in [-0.25, -0.2) is 18.2 Å². The van der Waals surface area contributed by atoms with E-state index in [0.29, 0.717) is 54.5 Å². The van der Waals surface area contributed by atoms with Gasteiger partial charge >= 0.3 is 0 Å².